The van der Waals surface area contributed by atoms with E-state index < -0.39 is 5.97 Å². The van der Waals surface area contributed by atoms with E-state index in [1.165, 1.54) is 19.3 Å². The molecule has 1 atom stereocenters. The number of hydroxylamine groups is 1. The molecule has 0 bridgehead atoms. The number of unbranched alkanes of at least 4 members (excludes halogenated alkanes) is 2. The van der Waals surface area contributed by atoms with Crippen molar-refractivity contribution in [1.29, 1.82) is 0 Å². The Morgan fingerprint density at radius 3 is 2.12 bits per heavy atom. The van der Waals surface area contributed by atoms with Crippen LogP contribution < -0.4 is 5.48 Å². The molecule has 0 aliphatic heterocycles. The largest absolute Gasteiger partial charge is 0.481 e. The van der Waals surface area contributed by atoms with Crippen molar-refractivity contribution in [2.45, 2.75) is 127 Å². The minimum Gasteiger partial charge on any atom is -0.481 e. The quantitative estimate of drug-likeness (QED) is 0.0478. The predicted octanol–water partition coefficient (Wildman–Crippen LogP) is 11.0. The van der Waals surface area contributed by atoms with Crippen LogP contribution in [0.2, 0.25) is 0 Å². The molecular weight excluding hydrogens is 534 g/mol. The van der Waals surface area contributed by atoms with Crippen LogP contribution in [0, 0.1) is 5.92 Å². The number of carboxylic acid groups (broad SMARTS) is 1. The van der Waals surface area contributed by atoms with E-state index in [0.29, 0.717) is 19.4 Å². The molecule has 6 nitrogen and oxygen atoms in total. The third-order valence-corrected chi connectivity index (χ3v) is 5.19. The van der Waals surface area contributed by atoms with Crippen LogP contribution in [0.25, 0.3) is 0 Å². The Morgan fingerprint density at radius 2 is 1.60 bits per heavy atom. The van der Waals surface area contributed by atoms with E-state index in [1.807, 2.05) is 65.0 Å². The van der Waals surface area contributed by atoms with Crippen molar-refractivity contribution >= 4 is 17.4 Å². The van der Waals surface area contributed by atoms with Crippen LogP contribution in [-0.2, 0) is 9.63 Å². The normalized spacial score (nSPS) is 12.9. The molecule has 6 heteroatoms. The summed E-state index contributed by atoms with van der Waals surface area (Å²) in [5.41, 5.74) is 5.43. The summed E-state index contributed by atoms with van der Waals surface area (Å²) in [5.74, 6) is -0.696. The Hall–Kier alpha value is -2.83. The van der Waals surface area contributed by atoms with Gasteiger partial charge in [-0.3, -0.25) is 19.6 Å². The number of allylic oxidation sites excluding steroid dienone is 9. The number of aliphatic imine (C=N–C) groups is 2. The summed E-state index contributed by atoms with van der Waals surface area (Å²) in [5, 5.41) is 8.91. The molecule has 248 valence electrons. The molecule has 0 radical (unpaired) electrons. The van der Waals surface area contributed by atoms with Crippen molar-refractivity contribution in [2.75, 3.05) is 13.2 Å². The Labute approximate surface area is 266 Å². The number of hydrogen-bond acceptors (Lipinski definition) is 5. The molecule has 0 aliphatic carbocycles. The first-order valence-electron chi connectivity index (χ1n) is 16.4. The third-order valence-electron chi connectivity index (χ3n) is 5.19. The van der Waals surface area contributed by atoms with E-state index in [1.54, 1.807) is 6.20 Å². The van der Waals surface area contributed by atoms with Crippen molar-refractivity contribution in [1.82, 2.24) is 5.48 Å². The summed E-state index contributed by atoms with van der Waals surface area (Å²) in [7, 11) is 0. The lowest BCUT2D eigenvalue weighted by molar-refractivity contribution is -0.137. The zero-order valence-corrected chi connectivity index (χ0v) is 29.5. The maximum atomic E-state index is 10.8. The fourth-order valence-electron chi connectivity index (χ4n) is 2.99. The van der Waals surface area contributed by atoms with Gasteiger partial charge < -0.3 is 5.11 Å². The van der Waals surface area contributed by atoms with Crippen molar-refractivity contribution in [3.05, 3.63) is 73.2 Å². The Morgan fingerprint density at radius 1 is 0.977 bits per heavy atom. The predicted molar refractivity (Wildman–Crippen MR) is 193 cm³/mol. The highest BCUT2D eigenvalue weighted by Gasteiger charge is 2.15. The molecule has 0 aliphatic rings. The maximum absolute atomic E-state index is 10.8. The minimum atomic E-state index is -0.771. The smallest absolute Gasteiger partial charge is 0.303 e. The number of aliphatic carboxylic acids is 1. The van der Waals surface area contributed by atoms with E-state index in [2.05, 4.69) is 76.0 Å². The highest BCUT2D eigenvalue weighted by molar-refractivity contribution is 6.43. The van der Waals surface area contributed by atoms with Gasteiger partial charge in [-0.15, -0.1) is 6.58 Å². The Kier molecular flexibility index (Phi) is 45.3. The standard InChI is InChI=1S/C24H39N3O3.C7H14.C4H8.C2H6/c1-6-9-10-11-14-20(4)24(25-18-7-2)22(15-12-13-16-23(28)29)27-21(5)17-19-30-26-8-3;1-3-5-7-6-4-2;1-3-4-2;1-2/h7,9-11,14,17-18,20,26H,6,8,12-13,15-16,19H2,1-5H3,(H,28,29);5,7H,3-4,6H2,1-2H3;3H,1,4H2,2H3;1-2H3/b10-9-,14-11-,18-7+,21-17+,25-24?,27-22?;7-5+;;. The fraction of sp³-hybridized carbons (Fsp3) is 0.595. The van der Waals surface area contributed by atoms with Crippen molar-refractivity contribution in [3.63, 3.8) is 0 Å². The van der Waals surface area contributed by atoms with Gasteiger partial charge in [-0.1, -0.05) is 110 Å². The van der Waals surface area contributed by atoms with Crippen LogP contribution in [-0.4, -0.2) is 35.7 Å². The zero-order chi connectivity index (χ0) is 33.6. The van der Waals surface area contributed by atoms with Gasteiger partial charge in [0.25, 0.3) is 0 Å². The highest BCUT2D eigenvalue weighted by atomic mass is 16.6. The summed E-state index contributed by atoms with van der Waals surface area (Å²) in [6.07, 6.45) is 28.2. The van der Waals surface area contributed by atoms with Crippen LogP contribution in [0.1, 0.15) is 127 Å². The number of carbonyl (C=O) groups is 1. The molecule has 0 rings (SSSR count). The highest BCUT2D eigenvalue weighted by Crippen LogP contribution is 2.13. The molecule has 0 heterocycles. The van der Waals surface area contributed by atoms with Crippen molar-refractivity contribution in [2.24, 2.45) is 15.9 Å². The van der Waals surface area contributed by atoms with Crippen LogP contribution in [0.5, 0.6) is 0 Å². The van der Waals surface area contributed by atoms with Crippen LogP contribution in [0.15, 0.2) is 83.1 Å². The monoisotopic (exact) mass is 602 g/mol. The summed E-state index contributed by atoms with van der Waals surface area (Å²) >= 11 is 0. The molecule has 1 unspecified atom stereocenters. The van der Waals surface area contributed by atoms with Gasteiger partial charge in [-0.2, -0.15) is 0 Å². The molecule has 43 heavy (non-hydrogen) atoms. The van der Waals surface area contributed by atoms with Gasteiger partial charge in [-0.05, 0) is 64.9 Å². The molecule has 2 N–H and O–H groups in total. The van der Waals surface area contributed by atoms with Crippen molar-refractivity contribution < 1.29 is 14.7 Å². The number of nitrogens with zero attached hydrogens (tertiary/aromatic N) is 2. The minimum absolute atomic E-state index is 0.0757. The fourth-order valence-corrected chi connectivity index (χ4v) is 2.99. The second-order valence-electron chi connectivity index (χ2n) is 9.19. The molecular formula is C37H67N3O3. The molecule has 0 amide bonds. The van der Waals surface area contributed by atoms with Crippen LogP contribution in [0.4, 0.5) is 0 Å². The van der Waals surface area contributed by atoms with Gasteiger partial charge in [0.15, 0.2) is 0 Å². The average molecular weight is 602 g/mol. The summed E-state index contributed by atoms with van der Waals surface area (Å²) in [6, 6.07) is 0. The maximum Gasteiger partial charge on any atom is 0.303 e. The van der Waals surface area contributed by atoms with Gasteiger partial charge in [0.1, 0.15) is 0 Å². The number of hydrogen-bond donors (Lipinski definition) is 2. The summed E-state index contributed by atoms with van der Waals surface area (Å²) in [4.78, 5) is 25.6. The molecule has 0 aromatic carbocycles. The molecule has 0 spiro atoms. The lowest BCUT2D eigenvalue weighted by Crippen LogP contribution is -2.21. The molecule has 0 aromatic heterocycles. The van der Waals surface area contributed by atoms with E-state index in [0.717, 1.165) is 42.9 Å². The van der Waals surface area contributed by atoms with Gasteiger partial charge in [0, 0.05) is 30.8 Å². The SMILES string of the molecule is C/C=C/N=C(C(CCCCC(=O)O)=N/C(C)=C/CONCC)C(C)/C=C\C=C/CC.C=CCC.CC.CC/C=C/CCC. The first kappa shape index (κ1) is 47.1. The van der Waals surface area contributed by atoms with Gasteiger partial charge >= 0.3 is 5.97 Å². The summed E-state index contributed by atoms with van der Waals surface area (Å²) in [6.45, 7) is 25.1. The van der Waals surface area contributed by atoms with Crippen LogP contribution >= 0.6 is 0 Å². The van der Waals surface area contributed by atoms with E-state index in [9.17, 15) is 4.79 Å². The van der Waals surface area contributed by atoms with Crippen LogP contribution in [0.3, 0.4) is 0 Å². The Bertz CT molecular complexity index is 834. The summed E-state index contributed by atoms with van der Waals surface area (Å²) < 4.78 is 0. The molecule has 0 aromatic rings. The van der Waals surface area contributed by atoms with Gasteiger partial charge in [-0.25, -0.2) is 5.48 Å². The number of nitrogens with one attached hydrogen (secondary N) is 1. The van der Waals surface area contributed by atoms with Gasteiger partial charge in [0.2, 0.25) is 0 Å². The number of rotatable bonds is 20. The second kappa shape index (κ2) is 41.3. The zero-order valence-electron chi connectivity index (χ0n) is 29.5. The van der Waals surface area contributed by atoms with E-state index >= 15 is 0 Å². The molecule has 0 fully saturated rings. The topological polar surface area (TPSA) is 83.3 Å². The molecule has 0 saturated heterocycles. The lowest BCUT2D eigenvalue weighted by atomic mass is 9.96. The van der Waals surface area contributed by atoms with Gasteiger partial charge in [0.05, 0.1) is 18.0 Å². The van der Waals surface area contributed by atoms with E-state index in [-0.39, 0.29) is 12.3 Å². The third kappa shape index (κ3) is 39.2. The van der Waals surface area contributed by atoms with Crippen molar-refractivity contribution in [3.8, 4) is 0 Å². The molecule has 0 saturated carbocycles. The van der Waals surface area contributed by atoms with E-state index in [4.69, 9.17) is 14.9 Å². The first-order valence-corrected chi connectivity index (χ1v) is 16.4. The second-order valence-corrected chi connectivity index (χ2v) is 9.19. The average Bonchev–Trinajstić information content (AvgIpc) is 3.01. The Balaban J connectivity index is -0.000000487. The lowest BCUT2D eigenvalue weighted by Gasteiger charge is -2.14. The first-order chi connectivity index (χ1) is 20.8. The number of carboxylic acids is 1.